The van der Waals surface area contributed by atoms with Crippen LogP contribution in [0.1, 0.15) is 95.2 Å². The summed E-state index contributed by atoms with van der Waals surface area (Å²) in [4.78, 5) is 36.3. The van der Waals surface area contributed by atoms with E-state index >= 15 is 8.78 Å². The minimum Gasteiger partial charge on any atom is -0.378 e. The van der Waals surface area contributed by atoms with E-state index < -0.39 is 83.3 Å². The number of halogens is 7. The van der Waals surface area contributed by atoms with Crippen LogP contribution in [0.15, 0.2) is 53.3 Å². The Morgan fingerprint density at radius 1 is 1.08 bits per heavy atom. The van der Waals surface area contributed by atoms with Crippen LogP contribution in [0.5, 0.6) is 0 Å². The summed E-state index contributed by atoms with van der Waals surface area (Å²) in [5, 5.41) is 22.9. The molecular weight excluding hydrogens is 804 g/mol. The lowest BCUT2D eigenvalue weighted by Gasteiger charge is -2.21. The van der Waals surface area contributed by atoms with Gasteiger partial charge in [-0.3, -0.25) is 19.0 Å². The number of aliphatic hydroxyl groups is 1. The summed E-state index contributed by atoms with van der Waals surface area (Å²) >= 11 is 6.73. The summed E-state index contributed by atoms with van der Waals surface area (Å²) in [6.07, 6.45) is -1.35. The second kappa shape index (κ2) is 14.8. The Morgan fingerprint density at radius 3 is 2.51 bits per heavy atom. The molecule has 0 radical (unpaired) electrons. The molecule has 0 saturated heterocycles. The van der Waals surface area contributed by atoms with Gasteiger partial charge >= 0.3 is 0 Å². The average molecular weight is 836 g/mol. The van der Waals surface area contributed by atoms with Crippen molar-refractivity contribution in [1.29, 1.82) is 0 Å². The smallest absolute Gasteiger partial charge is 0.293 e. The lowest BCUT2D eigenvalue weighted by Crippen LogP contribution is -2.24. The van der Waals surface area contributed by atoms with Gasteiger partial charge in [-0.05, 0) is 62.3 Å². The van der Waals surface area contributed by atoms with Crippen LogP contribution in [0.3, 0.4) is 0 Å². The predicted molar refractivity (Wildman–Crippen MR) is 199 cm³/mol. The highest BCUT2D eigenvalue weighted by Gasteiger charge is 2.67. The number of fused-ring (bicyclic) bond motifs is 4. The summed E-state index contributed by atoms with van der Waals surface area (Å²) in [7, 11) is 1.61. The molecule has 18 heteroatoms. The molecule has 0 spiro atoms. The van der Waals surface area contributed by atoms with E-state index in [9.17, 15) is 32.3 Å². The highest BCUT2D eigenvalue weighted by Crippen LogP contribution is 2.68. The molecule has 0 amide bonds. The number of aromatic nitrogens is 7. The summed E-state index contributed by atoms with van der Waals surface area (Å²) in [5.41, 5.74) is -1.60. The van der Waals surface area contributed by atoms with Crippen LogP contribution in [0.25, 0.3) is 22.0 Å². The average Bonchev–Trinajstić information content (AvgIpc) is 3.40. The molecule has 4 aromatic heterocycles. The van der Waals surface area contributed by atoms with Gasteiger partial charge in [0.1, 0.15) is 35.2 Å². The van der Waals surface area contributed by atoms with Gasteiger partial charge < -0.3 is 9.63 Å². The standard InChI is InChI=1S/C41H32ClF6N7O4/c1-40(2,58)8-6-32-49-17-26(24-4-5-28(42)34-29(52-54(3)37(24)34)16-30(57)31-7-9-50-59-31)35(51-32)20(10-19-11-21(43)14-22(44)12-19)13-23(56)18-55-38-33(36(53-55)39(45)46)25-15-27(25)41(38,47)48/h4-5,7,9,11-12,14,17,20,25,27,39,58H,10,13,15-16,18H2,1-3H3/t20-,25+,27-/m1/s1. The highest BCUT2D eigenvalue weighted by atomic mass is 35.5. The third-order valence-electron chi connectivity index (χ3n) is 10.4. The molecule has 3 atom stereocenters. The molecule has 1 fully saturated rings. The maximum Gasteiger partial charge on any atom is 0.293 e. The molecule has 2 aromatic carbocycles. The Bertz CT molecular complexity index is 2710. The first-order valence-corrected chi connectivity index (χ1v) is 18.7. The topological polar surface area (TPSA) is 142 Å². The zero-order valence-corrected chi connectivity index (χ0v) is 32.2. The molecule has 59 heavy (non-hydrogen) atoms. The van der Waals surface area contributed by atoms with Gasteiger partial charge in [-0.2, -0.15) is 19.0 Å². The molecule has 1 N–H and O–H groups in total. The number of aryl methyl sites for hydroxylation is 1. The summed E-state index contributed by atoms with van der Waals surface area (Å²) in [6.45, 7) is 2.07. The first-order valence-electron chi connectivity index (χ1n) is 18.3. The first kappa shape index (κ1) is 39.9. The molecule has 4 heterocycles. The van der Waals surface area contributed by atoms with Gasteiger partial charge in [0.15, 0.2) is 5.78 Å². The van der Waals surface area contributed by atoms with Crippen LogP contribution in [0.2, 0.25) is 5.02 Å². The van der Waals surface area contributed by atoms with Crippen molar-refractivity contribution in [3.63, 3.8) is 0 Å². The van der Waals surface area contributed by atoms with Crippen LogP contribution in [0, 0.1) is 29.4 Å². The number of carbonyl (C=O) groups excluding carboxylic acids is 2. The van der Waals surface area contributed by atoms with E-state index in [-0.39, 0.29) is 63.9 Å². The zero-order valence-electron chi connectivity index (χ0n) is 31.4. The van der Waals surface area contributed by atoms with Gasteiger partial charge in [0, 0.05) is 65.7 Å². The zero-order chi connectivity index (χ0) is 42.1. The fraction of sp³-hybridized carbons (Fsp3) is 0.341. The van der Waals surface area contributed by atoms with Crippen LogP contribution in [-0.2, 0) is 37.2 Å². The third kappa shape index (κ3) is 7.62. The highest BCUT2D eigenvalue weighted by molar-refractivity contribution is 6.36. The third-order valence-corrected chi connectivity index (χ3v) is 10.7. The van der Waals surface area contributed by atoms with Crippen molar-refractivity contribution in [2.45, 2.75) is 75.9 Å². The van der Waals surface area contributed by atoms with Crippen molar-refractivity contribution >= 4 is 34.1 Å². The molecule has 1 saturated carbocycles. The van der Waals surface area contributed by atoms with E-state index in [1.165, 1.54) is 37.0 Å². The monoisotopic (exact) mass is 835 g/mol. The number of benzene rings is 2. The summed E-state index contributed by atoms with van der Waals surface area (Å²) in [6, 6.07) is 7.40. The van der Waals surface area contributed by atoms with E-state index in [0.29, 0.717) is 27.2 Å². The van der Waals surface area contributed by atoms with E-state index in [0.717, 1.165) is 12.1 Å². The Hall–Kier alpha value is -5.86. The predicted octanol–water partition coefficient (Wildman–Crippen LogP) is 7.83. The number of hydrogen-bond acceptors (Lipinski definition) is 9. The molecule has 0 aliphatic heterocycles. The SMILES string of the molecule is Cn1nc(CC(=O)c2ccno2)c2c(Cl)ccc(-c3cnc(C#CC(C)(C)O)nc3[C@@H](CC(=O)Cn3nc(C(F)F)c4c3C(F)(F)[C@@H]3C[C@H]43)Cc3cc(F)cc(F)c3)c21. The van der Waals surface area contributed by atoms with Crippen molar-refractivity contribution in [3.8, 4) is 23.0 Å². The van der Waals surface area contributed by atoms with Crippen LogP contribution < -0.4 is 0 Å². The van der Waals surface area contributed by atoms with Crippen molar-refractivity contribution < 1.29 is 45.6 Å². The van der Waals surface area contributed by atoms with Crippen molar-refractivity contribution in [2.75, 3.05) is 0 Å². The Balaban J connectivity index is 1.26. The molecule has 0 bridgehead atoms. The van der Waals surface area contributed by atoms with Crippen LogP contribution >= 0.6 is 11.6 Å². The molecule has 2 aliphatic carbocycles. The van der Waals surface area contributed by atoms with Crippen LogP contribution in [0.4, 0.5) is 26.3 Å². The maximum absolute atomic E-state index is 15.4. The van der Waals surface area contributed by atoms with Gasteiger partial charge in [0.05, 0.1) is 34.5 Å². The molecular formula is C41H32ClF6N7O4. The molecule has 304 valence electrons. The normalized spacial score (nSPS) is 17.2. The lowest BCUT2D eigenvalue weighted by molar-refractivity contribution is -0.120. The molecule has 8 rings (SSSR count). The van der Waals surface area contributed by atoms with Gasteiger partial charge in [-0.25, -0.2) is 27.5 Å². The Labute approximate surface area is 336 Å². The largest absolute Gasteiger partial charge is 0.378 e. The van der Waals surface area contributed by atoms with Crippen LogP contribution in [-0.4, -0.2) is 57.0 Å². The van der Waals surface area contributed by atoms with Crippen molar-refractivity contribution in [3.05, 3.63) is 111 Å². The van der Waals surface area contributed by atoms with Gasteiger partial charge in [0.25, 0.3) is 12.3 Å². The van der Waals surface area contributed by atoms with Gasteiger partial charge in [0.2, 0.25) is 17.4 Å². The molecule has 2 aliphatic rings. The second-order valence-corrected chi connectivity index (χ2v) is 15.7. The summed E-state index contributed by atoms with van der Waals surface area (Å²) in [5.74, 6) is -4.22. The van der Waals surface area contributed by atoms with E-state index in [4.69, 9.17) is 21.1 Å². The fourth-order valence-electron chi connectivity index (χ4n) is 7.94. The van der Waals surface area contributed by atoms with E-state index in [1.807, 2.05) is 0 Å². The molecule has 0 unspecified atom stereocenters. The Kier molecular flexibility index (Phi) is 9.99. The number of nitrogens with zero attached hydrogens (tertiary/aromatic N) is 7. The number of carbonyl (C=O) groups is 2. The van der Waals surface area contributed by atoms with Crippen molar-refractivity contribution in [2.24, 2.45) is 13.0 Å². The van der Waals surface area contributed by atoms with E-state index in [2.05, 4.69) is 32.2 Å². The minimum atomic E-state index is -3.48. The number of Topliss-reactive ketones (excluding diaryl/α,β-unsaturated/α-hetero) is 2. The lowest BCUT2D eigenvalue weighted by atomic mass is 9.86. The first-order chi connectivity index (χ1) is 27.9. The van der Waals surface area contributed by atoms with Gasteiger partial charge in [-0.1, -0.05) is 28.7 Å². The Morgan fingerprint density at radius 2 is 1.83 bits per heavy atom. The van der Waals surface area contributed by atoms with E-state index in [1.54, 1.807) is 19.2 Å². The van der Waals surface area contributed by atoms with Crippen molar-refractivity contribution in [1.82, 2.24) is 34.7 Å². The van der Waals surface area contributed by atoms with Gasteiger partial charge in [-0.15, -0.1) is 0 Å². The number of rotatable bonds is 12. The minimum absolute atomic E-state index is 0.00170. The number of ketones is 2. The molecule has 6 aromatic rings. The maximum atomic E-state index is 15.4. The molecule has 11 nitrogen and oxygen atoms in total. The fourth-order valence-corrected chi connectivity index (χ4v) is 8.21. The number of hydrogen-bond donors (Lipinski definition) is 1. The number of alkyl halides is 4. The second-order valence-electron chi connectivity index (χ2n) is 15.3. The summed E-state index contributed by atoms with van der Waals surface area (Å²) < 4.78 is 95.4. The quantitative estimate of drug-likeness (QED) is 0.0742.